The van der Waals surface area contributed by atoms with Crippen molar-refractivity contribution < 1.29 is 19.0 Å². The van der Waals surface area contributed by atoms with E-state index in [-0.39, 0.29) is 16.7 Å². The normalized spacial score (nSPS) is 43.1. The number of nitrogens with zero attached hydrogens (tertiary/aromatic N) is 2. The van der Waals surface area contributed by atoms with Gasteiger partial charge in [0.15, 0.2) is 0 Å². The highest BCUT2D eigenvalue weighted by molar-refractivity contribution is 5.34. The van der Waals surface area contributed by atoms with E-state index < -0.39 is 11.2 Å². The number of likely N-dealkylation sites (tertiary alicyclic amines) is 2. The predicted octanol–water partition coefficient (Wildman–Crippen LogP) is 6.15. The van der Waals surface area contributed by atoms with Crippen LogP contribution in [0.5, 0.6) is 0 Å². The van der Waals surface area contributed by atoms with Crippen LogP contribution in [-0.2, 0) is 15.1 Å². The largest absolute Gasteiger partial charge is 0.472 e. The molecule has 0 spiro atoms. The molecule has 1 N–H and O–H groups in total. The van der Waals surface area contributed by atoms with Gasteiger partial charge in [-0.2, -0.15) is 0 Å². The van der Waals surface area contributed by atoms with Crippen molar-refractivity contribution in [2.24, 2.45) is 22.7 Å². The van der Waals surface area contributed by atoms with Gasteiger partial charge in [-0.3, -0.25) is 0 Å². The lowest BCUT2D eigenvalue weighted by Crippen LogP contribution is -2.63. The van der Waals surface area contributed by atoms with Gasteiger partial charge in [0, 0.05) is 24.1 Å². The highest BCUT2D eigenvalue weighted by atomic mass is 16.5. The lowest BCUT2D eigenvalue weighted by molar-refractivity contribution is -0.233. The Labute approximate surface area is 247 Å². The van der Waals surface area contributed by atoms with Crippen LogP contribution < -0.4 is 0 Å². The number of hydrogen-bond acceptors (Lipinski definition) is 6. The van der Waals surface area contributed by atoms with Crippen molar-refractivity contribution in [2.45, 2.75) is 108 Å². The molecule has 3 saturated carbocycles. The van der Waals surface area contributed by atoms with Crippen molar-refractivity contribution >= 4 is 0 Å². The molecule has 4 aliphatic carbocycles. The van der Waals surface area contributed by atoms with Gasteiger partial charge in [0.2, 0.25) is 0 Å². The molecule has 1 aromatic rings. The smallest absolute Gasteiger partial charge is 0.104 e. The monoisotopic (exact) mass is 566 g/mol. The molecule has 6 heteroatoms. The Morgan fingerprint density at radius 2 is 1.63 bits per heavy atom. The number of furan rings is 1. The van der Waals surface area contributed by atoms with Gasteiger partial charge in [-0.25, -0.2) is 0 Å². The molecule has 0 unspecified atom stereocenters. The van der Waals surface area contributed by atoms with Crippen LogP contribution in [0.1, 0.15) is 96.5 Å². The summed E-state index contributed by atoms with van der Waals surface area (Å²) in [7, 11) is 0. The minimum absolute atomic E-state index is 0.173. The number of fused-ring (bicyclic) bond motifs is 5. The van der Waals surface area contributed by atoms with Gasteiger partial charge in [-0.15, -0.1) is 0 Å². The minimum Gasteiger partial charge on any atom is -0.472 e. The van der Waals surface area contributed by atoms with Crippen molar-refractivity contribution in [1.29, 1.82) is 0 Å². The van der Waals surface area contributed by atoms with Gasteiger partial charge < -0.3 is 28.8 Å². The second kappa shape index (κ2) is 11.1. The zero-order valence-corrected chi connectivity index (χ0v) is 25.7. The molecule has 3 heterocycles. The molecule has 6 nitrogen and oxygen atoms in total. The average molecular weight is 567 g/mol. The topological polar surface area (TPSA) is 58.3 Å². The van der Waals surface area contributed by atoms with Crippen molar-refractivity contribution in [3.63, 3.8) is 0 Å². The second-order valence-corrected chi connectivity index (χ2v) is 14.9. The maximum atomic E-state index is 12.9. The molecule has 228 valence electrons. The average Bonchev–Trinajstić information content (AvgIpc) is 3.79. The van der Waals surface area contributed by atoms with Crippen molar-refractivity contribution in [3.8, 4) is 0 Å². The third-order valence-corrected chi connectivity index (χ3v) is 13.3. The molecule has 41 heavy (non-hydrogen) atoms. The van der Waals surface area contributed by atoms with E-state index in [9.17, 15) is 5.11 Å². The van der Waals surface area contributed by atoms with Crippen LogP contribution in [0.25, 0.3) is 0 Å². The van der Waals surface area contributed by atoms with E-state index >= 15 is 0 Å². The first-order valence-corrected chi connectivity index (χ1v) is 17.0. The van der Waals surface area contributed by atoms with Crippen LogP contribution in [0.3, 0.4) is 0 Å². The molecule has 0 aromatic carbocycles. The summed E-state index contributed by atoms with van der Waals surface area (Å²) in [6, 6.07) is 2.10. The van der Waals surface area contributed by atoms with E-state index in [0.717, 1.165) is 70.2 Å². The maximum absolute atomic E-state index is 12.9. The summed E-state index contributed by atoms with van der Waals surface area (Å²) in [4.78, 5) is 5.09. The van der Waals surface area contributed by atoms with Crippen LogP contribution in [0.4, 0.5) is 0 Å². The molecule has 7 atom stereocenters. The Kier molecular flexibility index (Phi) is 7.72. The number of ether oxygens (including phenoxy) is 2. The van der Waals surface area contributed by atoms with Crippen LogP contribution in [0, 0.1) is 22.7 Å². The van der Waals surface area contributed by atoms with E-state index in [1.165, 1.54) is 58.3 Å². The highest BCUT2D eigenvalue weighted by Gasteiger charge is 2.72. The quantitative estimate of drug-likeness (QED) is 0.362. The fourth-order valence-corrected chi connectivity index (χ4v) is 10.7. The van der Waals surface area contributed by atoms with E-state index in [4.69, 9.17) is 13.9 Å². The zero-order valence-electron chi connectivity index (χ0n) is 25.7. The Morgan fingerprint density at radius 3 is 2.34 bits per heavy atom. The molecular formula is C35H54N2O4. The highest BCUT2D eigenvalue weighted by Crippen LogP contribution is 2.71. The van der Waals surface area contributed by atoms with Gasteiger partial charge >= 0.3 is 0 Å². The standard InChI is InChI=1S/C35H54N2O4/c1-32-12-9-29(40-23-20-36-16-3-4-17-36)25-27(32)7-8-31-30(32)10-13-33(2)34(31,38)14-15-35(33,28-11-22-39-26-28)41-24-21-37-18-5-6-19-37/h7,11,22,26,29-31,38H,3-6,8-10,12-21,23-25H2,1-2H3/t29-,30-,31+,32-,33-,34-,35+/m0/s1. The Balaban J connectivity index is 1.08. The van der Waals surface area contributed by atoms with Gasteiger partial charge in [0.05, 0.1) is 37.4 Å². The van der Waals surface area contributed by atoms with Crippen molar-refractivity contribution in [1.82, 2.24) is 9.80 Å². The Morgan fingerprint density at radius 1 is 0.902 bits per heavy atom. The van der Waals surface area contributed by atoms with Crippen molar-refractivity contribution in [3.05, 3.63) is 35.8 Å². The lowest BCUT2D eigenvalue weighted by atomic mass is 9.45. The summed E-state index contributed by atoms with van der Waals surface area (Å²) in [5, 5.41) is 12.9. The first-order chi connectivity index (χ1) is 19.9. The Hall–Kier alpha value is -1.18. The second-order valence-electron chi connectivity index (χ2n) is 14.9. The SMILES string of the molecule is C[C@]12CC[C@H]3[C@@H](CC=C4C[C@@H](OCCN5CCCC5)CC[C@@]43C)[C@@]1(O)CC[C@@]2(OCCN1CCCC1)c1ccoc1. The van der Waals surface area contributed by atoms with Gasteiger partial charge in [0.1, 0.15) is 5.60 Å². The van der Waals surface area contributed by atoms with Gasteiger partial charge in [-0.05, 0) is 127 Å². The number of allylic oxidation sites excluding steroid dienone is 1. The molecule has 0 radical (unpaired) electrons. The third kappa shape index (κ3) is 4.61. The van der Waals surface area contributed by atoms with E-state index in [0.29, 0.717) is 18.6 Å². The van der Waals surface area contributed by atoms with Crippen LogP contribution >= 0.6 is 0 Å². The molecule has 0 amide bonds. The number of rotatable bonds is 9. The molecule has 5 fully saturated rings. The maximum Gasteiger partial charge on any atom is 0.104 e. The van der Waals surface area contributed by atoms with E-state index in [1.807, 2.05) is 6.26 Å². The first-order valence-electron chi connectivity index (χ1n) is 17.0. The Bertz CT molecular complexity index is 1080. The third-order valence-electron chi connectivity index (χ3n) is 13.3. The molecule has 0 bridgehead atoms. The first kappa shape index (κ1) is 28.6. The number of aliphatic hydroxyl groups is 1. The van der Waals surface area contributed by atoms with Crippen LogP contribution in [0.15, 0.2) is 34.7 Å². The summed E-state index contributed by atoms with van der Waals surface area (Å²) >= 11 is 0. The zero-order chi connectivity index (χ0) is 28.1. The van der Waals surface area contributed by atoms with E-state index in [2.05, 4.69) is 35.8 Å². The van der Waals surface area contributed by atoms with Crippen LogP contribution in [0.2, 0.25) is 0 Å². The fraction of sp³-hybridized carbons (Fsp3) is 0.829. The molecule has 6 aliphatic rings. The molecule has 2 saturated heterocycles. The molecule has 2 aliphatic heterocycles. The minimum atomic E-state index is -0.741. The van der Waals surface area contributed by atoms with Crippen LogP contribution in [-0.4, -0.2) is 79.1 Å². The van der Waals surface area contributed by atoms with Gasteiger partial charge in [-0.1, -0.05) is 25.5 Å². The summed E-state index contributed by atoms with van der Waals surface area (Å²) < 4.78 is 19.2. The predicted molar refractivity (Wildman–Crippen MR) is 161 cm³/mol. The van der Waals surface area contributed by atoms with E-state index in [1.54, 1.807) is 11.8 Å². The fourth-order valence-electron chi connectivity index (χ4n) is 10.7. The summed E-state index contributed by atoms with van der Waals surface area (Å²) in [6.07, 6.45) is 20.1. The summed E-state index contributed by atoms with van der Waals surface area (Å²) in [5.41, 5.74) is 1.34. The van der Waals surface area contributed by atoms with Crippen molar-refractivity contribution in [2.75, 3.05) is 52.5 Å². The van der Waals surface area contributed by atoms with Gasteiger partial charge in [0.25, 0.3) is 0 Å². The molecular weight excluding hydrogens is 512 g/mol. The summed E-state index contributed by atoms with van der Waals surface area (Å²) in [6.45, 7) is 13.4. The summed E-state index contributed by atoms with van der Waals surface area (Å²) in [5.74, 6) is 0.800. The lowest BCUT2D eigenvalue weighted by Gasteiger charge is -2.62. The number of hydrogen-bond donors (Lipinski definition) is 1. The molecule has 1 aromatic heterocycles. The molecule has 7 rings (SSSR count).